The first-order chi connectivity index (χ1) is 12.1. The first kappa shape index (κ1) is 16.8. The molecule has 1 aromatic carbocycles. The van der Waals surface area contributed by atoms with Gasteiger partial charge in [0.25, 0.3) is 0 Å². The van der Waals surface area contributed by atoms with Crippen LogP contribution in [-0.2, 0) is 7.05 Å². The number of nitrogen functional groups attached to an aromatic ring is 1. The fourth-order valence-electron chi connectivity index (χ4n) is 2.45. The van der Waals surface area contributed by atoms with Gasteiger partial charge in [0.15, 0.2) is 0 Å². The molecule has 2 aromatic heterocycles. The molecule has 0 fully saturated rings. The Balaban J connectivity index is 1.53. The lowest BCUT2D eigenvalue weighted by Crippen LogP contribution is -2.10. The molecule has 0 spiro atoms. The molecular formula is C18H22N6O. The predicted molar refractivity (Wildman–Crippen MR) is 98.4 cm³/mol. The zero-order valence-electron chi connectivity index (χ0n) is 14.4. The van der Waals surface area contributed by atoms with Crippen LogP contribution in [0.25, 0.3) is 11.3 Å². The molecule has 3 N–H and O–H groups in total. The Hall–Kier alpha value is -3.09. The summed E-state index contributed by atoms with van der Waals surface area (Å²) in [6.07, 6.45) is 4.49. The number of para-hydroxylation sites is 1. The summed E-state index contributed by atoms with van der Waals surface area (Å²) in [5.41, 5.74) is 8.61. The molecule has 130 valence electrons. The third-order valence-electron chi connectivity index (χ3n) is 3.72. The quantitative estimate of drug-likeness (QED) is 0.644. The van der Waals surface area contributed by atoms with E-state index in [2.05, 4.69) is 20.4 Å². The Morgan fingerprint density at radius 3 is 2.84 bits per heavy atom. The number of nitrogens with one attached hydrogen (secondary N) is 1. The van der Waals surface area contributed by atoms with Crippen LogP contribution in [0, 0.1) is 6.92 Å². The van der Waals surface area contributed by atoms with Crippen LogP contribution in [0.4, 0.5) is 11.8 Å². The first-order valence-electron chi connectivity index (χ1n) is 8.18. The molecule has 7 nitrogen and oxygen atoms in total. The summed E-state index contributed by atoms with van der Waals surface area (Å²) in [4.78, 5) is 8.48. The van der Waals surface area contributed by atoms with E-state index in [4.69, 9.17) is 10.5 Å². The van der Waals surface area contributed by atoms with Crippen LogP contribution in [0.2, 0.25) is 0 Å². The molecule has 0 amide bonds. The maximum absolute atomic E-state index is 5.81. The van der Waals surface area contributed by atoms with Gasteiger partial charge in [0, 0.05) is 31.4 Å². The van der Waals surface area contributed by atoms with E-state index < -0.39 is 0 Å². The van der Waals surface area contributed by atoms with Gasteiger partial charge < -0.3 is 15.8 Å². The number of ether oxygens (including phenoxy) is 1. The van der Waals surface area contributed by atoms with E-state index in [1.807, 2.05) is 50.5 Å². The molecule has 0 atom stereocenters. The number of aromatic nitrogens is 4. The number of hydrogen-bond donors (Lipinski definition) is 2. The predicted octanol–water partition coefficient (Wildman–Crippen LogP) is 2.65. The van der Waals surface area contributed by atoms with Gasteiger partial charge in [-0.25, -0.2) is 4.98 Å². The highest BCUT2D eigenvalue weighted by molar-refractivity contribution is 5.62. The van der Waals surface area contributed by atoms with Crippen molar-refractivity contribution in [3.8, 4) is 17.0 Å². The topological polar surface area (TPSA) is 90.9 Å². The monoisotopic (exact) mass is 338 g/mol. The summed E-state index contributed by atoms with van der Waals surface area (Å²) in [6.45, 7) is 3.40. The van der Waals surface area contributed by atoms with E-state index in [1.54, 1.807) is 10.9 Å². The molecule has 0 aliphatic carbocycles. The molecule has 0 radical (unpaired) electrons. The second kappa shape index (κ2) is 7.65. The molecular weight excluding hydrogens is 316 g/mol. The third-order valence-corrected chi connectivity index (χ3v) is 3.72. The van der Waals surface area contributed by atoms with Crippen LogP contribution < -0.4 is 15.8 Å². The van der Waals surface area contributed by atoms with Gasteiger partial charge in [-0.2, -0.15) is 10.1 Å². The minimum absolute atomic E-state index is 0.236. The summed E-state index contributed by atoms with van der Waals surface area (Å²) in [7, 11) is 1.86. The number of nitrogens with two attached hydrogens (primary N) is 1. The van der Waals surface area contributed by atoms with Gasteiger partial charge in [-0.05, 0) is 25.0 Å². The lowest BCUT2D eigenvalue weighted by Gasteiger charge is -2.10. The van der Waals surface area contributed by atoms with Crippen molar-refractivity contribution in [3.05, 3.63) is 48.3 Å². The number of nitrogens with zero attached hydrogens (tertiary/aromatic N) is 4. The van der Waals surface area contributed by atoms with Crippen LogP contribution in [0.3, 0.4) is 0 Å². The van der Waals surface area contributed by atoms with Crippen molar-refractivity contribution < 1.29 is 4.74 Å². The first-order valence-corrected chi connectivity index (χ1v) is 8.18. The summed E-state index contributed by atoms with van der Waals surface area (Å²) < 4.78 is 7.51. The Bertz CT molecular complexity index is 845. The molecule has 0 aliphatic heterocycles. The van der Waals surface area contributed by atoms with Gasteiger partial charge in [0.2, 0.25) is 5.95 Å². The molecule has 0 aliphatic rings. The van der Waals surface area contributed by atoms with Crippen molar-refractivity contribution in [1.82, 2.24) is 19.7 Å². The number of hydrogen-bond acceptors (Lipinski definition) is 6. The van der Waals surface area contributed by atoms with Gasteiger partial charge in [0.05, 0.1) is 18.5 Å². The normalized spacial score (nSPS) is 10.6. The average molecular weight is 338 g/mol. The van der Waals surface area contributed by atoms with Crippen LogP contribution in [0.15, 0.2) is 42.7 Å². The summed E-state index contributed by atoms with van der Waals surface area (Å²) in [5.74, 6) is 1.86. The van der Waals surface area contributed by atoms with Gasteiger partial charge in [-0.1, -0.05) is 18.2 Å². The number of anilines is 2. The zero-order valence-corrected chi connectivity index (χ0v) is 14.4. The molecule has 7 heteroatoms. The lowest BCUT2D eigenvalue weighted by molar-refractivity contribution is 0.313. The molecule has 2 heterocycles. The number of aryl methyl sites for hydroxylation is 2. The van der Waals surface area contributed by atoms with Gasteiger partial charge in [-0.15, -0.1) is 0 Å². The van der Waals surface area contributed by atoms with E-state index >= 15 is 0 Å². The van der Waals surface area contributed by atoms with Crippen LogP contribution in [0.5, 0.6) is 5.75 Å². The van der Waals surface area contributed by atoms with Crippen LogP contribution in [-0.4, -0.2) is 32.9 Å². The highest BCUT2D eigenvalue weighted by atomic mass is 16.5. The van der Waals surface area contributed by atoms with Gasteiger partial charge in [0.1, 0.15) is 11.6 Å². The third kappa shape index (κ3) is 4.47. The molecule has 3 rings (SSSR count). The molecule has 3 aromatic rings. The standard InChI is InChI=1S/C18H22N6O/c1-13-6-3-4-7-16(13)25-9-5-8-20-17-10-15(22-18(19)23-17)14-11-21-24(2)12-14/h3-4,6-7,10-12H,5,8-9H2,1-2H3,(H3,19,20,22,23). The maximum Gasteiger partial charge on any atom is 0.222 e. The fourth-order valence-corrected chi connectivity index (χ4v) is 2.45. The van der Waals surface area contributed by atoms with Crippen molar-refractivity contribution in [2.24, 2.45) is 7.05 Å². The Kier molecular flexibility index (Phi) is 5.13. The largest absolute Gasteiger partial charge is 0.493 e. The minimum Gasteiger partial charge on any atom is -0.493 e. The summed E-state index contributed by atoms with van der Waals surface area (Å²) in [5, 5.41) is 7.42. The molecule has 0 saturated heterocycles. The lowest BCUT2D eigenvalue weighted by atomic mass is 10.2. The van der Waals surface area contributed by atoms with Crippen molar-refractivity contribution in [2.45, 2.75) is 13.3 Å². The molecule has 0 saturated carbocycles. The van der Waals surface area contributed by atoms with E-state index in [0.29, 0.717) is 12.4 Å². The van der Waals surface area contributed by atoms with Crippen LogP contribution in [0.1, 0.15) is 12.0 Å². The highest BCUT2D eigenvalue weighted by Crippen LogP contribution is 2.20. The van der Waals surface area contributed by atoms with Crippen LogP contribution >= 0.6 is 0 Å². The van der Waals surface area contributed by atoms with E-state index in [1.165, 1.54) is 0 Å². The van der Waals surface area contributed by atoms with Crippen molar-refractivity contribution >= 4 is 11.8 Å². The second-order valence-corrected chi connectivity index (χ2v) is 5.79. The number of benzene rings is 1. The SMILES string of the molecule is Cc1ccccc1OCCCNc1cc(-c2cnn(C)c2)nc(N)n1. The summed E-state index contributed by atoms with van der Waals surface area (Å²) >= 11 is 0. The van der Waals surface area contributed by atoms with Gasteiger partial charge >= 0.3 is 0 Å². The smallest absolute Gasteiger partial charge is 0.222 e. The molecule has 0 unspecified atom stereocenters. The van der Waals surface area contributed by atoms with E-state index in [9.17, 15) is 0 Å². The minimum atomic E-state index is 0.236. The Morgan fingerprint density at radius 2 is 2.08 bits per heavy atom. The van der Waals surface area contributed by atoms with Gasteiger partial charge in [-0.3, -0.25) is 4.68 Å². The Morgan fingerprint density at radius 1 is 1.24 bits per heavy atom. The van der Waals surface area contributed by atoms with Crippen molar-refractivity contribution in [1.29, 1.82) is 0 Å². The van der Waals surface area contributed by atoms with Crippen molar-refractivity contribution in [2.75, 3.05) is 24.2 Å². The zero-order chi connectivity index (χ0) is 17.6. The highest BCUT2D eigenvalue weighted by Gasteiger charge is 2.06. The molecule has 0 bridgehead atoms. The maximum atomic E-state index is 5.81. The second-order valence-electron chi connectivity index (χ2n) is 5.79. The number of rotatable bonds is 7. The van der Waals surface area contributed by atoms with Crippen molar-refractivity contribution in [3.63, 3.8) is 0 Å². The molecule has 25 heavy (non-hydrogen) atoms. The fraction of sp³-hybridized carbons (Fsp3) is 0.278. The van der Waals surface area contributed by atoms with E-state index in [-0.39, 0.29) is 5.95 Å². The van der Waals surface area contributed by atoms with E-state index in [0.717, 1.165) is 35.5 Å². The Labute approximate surface area is 146 Å². The average Bonchev–Trinajstić information content (AvgIpc) is 3.02. The summed E-state index contributed by atoms with van der Waals surface area (Å²) in [6, 6.07) is 9.87.